The van der Waals surface area contributed by atoms with E-state index in [1.807, 2.05) is 4.72 Å². The molecule has 1 aliphatic rings. The highest BCUT2D eigenvalue weighted by atomic mass is 32.2. The molecule has 1 N–H and O–H groups in total. The van der Waals surface area contributed by atoms with Crippen LogP contribution in [0.2, 0.25) is 0 Å². The zero-order valence-corrected chi connectivity index (χ0v) is 15.0. The SMILES string of the molecule is CS(=O)(=O)C1CCN(C(=O)CCNS(=O)(=O)c2c(F)cccc2F)C1. The van der Waals surface area contributed by atoms with Gasteiger partial charge in [-0.2, -0.15) is 0 Å². The van der Waals surface area contributed by atoms with Gasteiger partial charge in [-0.25, -0.2) is 30.3 Å². The van der Waals surface area contributed by atoms with Crippen molar-refractivity contribution in [2.75, 3.05) is 25.9 Å². The number of nitrogens with one attached hydrogen (secondary N) is 1. The molecule has 1 heterocycles. The van der Waals surface area contributed by atoms with E-state index in [0.717, 1.165) is 24.5 Å². The lowest BCUT2D eigenvalue weighted by Gasteiger charge is -2.16. The van der Waals surface area contributed by atoms with Gasteiger partial charge in [0.2, 0.25) is 15.9 Å². The van der Waals surface area contributed by atoms with Crippen molar-refractivity contribution < 1.29 is 30.4 Å². The van der Waals surface area contributed by atoms with Crippen LogP contribution in [0, 0.1) is 11.6 Å². The van der Waals surface area contributed by atoms with Gasteiger partial charge < -0.3 is 4.90 Å². The summed E-state index contributed by atoms with van der Waals surface area (Å²) >= 11 is 0. The van der Waals surface area contributed by atoms with Crippen LogP contribution in [-0.2, 0) is 24.7 Å². The smallest absolute Gasteiger partial charge is 0.246 e. The third-order valence-corrected chi connectivity index (χ3v) is 7.03. The van der Waals surface area contributed by atoms with Gasteiger partial charge in [0, 0.05) is 32.3 Å². The molecule has 1 fully saturated rings. The lowest BCUT2D eigenvalue weighted by Crippen LogP contribution is -2.35. The Balaban J connectivity index is 1.93. The fraction of sp³-hybridized carbons (Fsp3) is 0.500. The average molecular weight is 396 g/mol. The maximum Gasteiger partial charge on any atom is 0.246 e. The number of benzene rings is 1. The van der Waals surface area contributed by atoms with Crippen molar-refractivity contribution in [1.29, 1.82) is 0 Å². The third-order valence-electron chi connectivity index (χ3n) is 3.92. The molecule has 2 rings (SSSR count). The summed E-state index contributed by atoms with van der Waals surface area (Å²) in [6, 6.07) is 2.68. The number of sulfone groups is 1. The summed E-state index contributed by atoms with van der Waals surface area (Å²) < 4.78 is 75.9. The first-order valence-electron chi connectivity index (χ1n) is 7.42. The average Bonchev–Trinajstić information content (AvgIpc) is 2.96. The quantitative estimate of drug-likeness (QED) is 0.744. The van der Waals surface area contributed by atoms with Gasteiger partial charge in [-0.05, 0) is 18.6 Å². The molecule has 0 aliphatic carbocycles. The molecule has 140 valence electrons. The molecule has 1 aromatic carbocycles. The molecule has 0 bridgehead atoms. The standard InChI is InChI=1S/C14H18F2N2O5S2/c1-24(20,21)10-6-8-18(9-10)13(19)5-7-17-25(22,23)14-11(15)3-2-4-12(14)16/h2-4,10,17H,5-9H2,1H3. The molecule has 1 saturated heterocycles. The van der Waals surface area contributed by atoms with E-state index in [0.29, 0.717) is 6.42 Å². The highest BCUT2D eigenvalue weighted by Crippen LogP contribution is 2.19. The number of hydrogen-bond donors (Lipinski definition) is 1. The Labute approximate surface area is 145 Å². The van der Waals surface area contributed by atoms with Crippen molar-refractivity contribution in [3.05, 3.63) is 29.8 Å². The molecule has 0 spiro atoms. The maximum absolute atomic E-state index is 13.5. The van der Waals surface area contributed by atoms with E-state index in [1.165, 1.54) is 4.90 Å². The molecule has 1 amide bonds. The van der Waals surface area contributed by atoms with Gasteiger partial charge in [0.15, 0.2) is 14.7 Å². The Hall–Kier alpha value is -1.59. The van der Waals surface area contributed by atoms with Crippen LogP contribution in [0.4, 0.5) is 8.78 Å². The van der Waals surface area contributed by atoms with Gasteiger partial charge in [-0.3, -0.25) is 4.79 Å². The van der Waals surface area contributed by atoms with E-state index in [1.54, 1.807) is 0 Å². The number of rotatable bonds is 6. The number of halogens is 2. The Morgan fingerprint density at radius 1 is 1.24 bits per heavy atom. The number of sulfonamides is 1. The number of carbonyl (C=O) groups is 1. The fourth-order valence-electron chi connectivity index (χ4n) is 2.57. The number of hydrogen-bond acceptors (Lipinski definition) is 5. The summed E-state index contributed by atoms with van der Waals surface area (Å²) in [4.78, 5) is 12.3. The molecule has 1 aliphatic heterocycles. The third kappa shape index (κ3) is 4.73. The molecular formula is C14H18F2N2O5S2. The molecule has 11 heteroatoms. The van der Waals surface area contributed by atoms with E-state index in [-0.39, 0.29) is 26.1 Å². The molecule has 1 unspecified atom stereocenters. The molecular weight excluding hydrogens is 378 g/mol. The first-order chi connectivity index (χ1) is 11.5. The largest absolute Gasteiger partial charge is 0.341 e. The van der Waals surface area contributed by atoms with Crippen molar-refractivity contribution in [1.82, 2.24) is 9.62 Å². The molecule has 0 aromatic heterocycles. The predicted octanol–water partition coefficient (Wildman–Crippen LogP) is 0.279. The Bertz CT molecular complexity index is 851. The lowest BCUT2D eigenvalue weighted by atomic mass is 10.3. The van der Waals surface area contributed by atoms with Crippen molar-refractivity contribution >= 4 is 25.8 Å². The van der Waals surface area contributed by atoms with Gasteiger partial charge >= 0.3 is 0 Å². The fourth-order valence-corrected chi connectivity index (χ4v) is 4.72. The normalized spacial score (nSPS) is 18.5. The Kier molecular flexibility index (Phi) is 5.79. The van der Waals surface area contributed by atoms with Crippen molar-refractivity contribution in [2.45, 2.75) is 23.0 Å². The number of likely N-dealkylation sites (tertiary alicyclic amines) is 1. The van der Waals surface area contributed by atoms with Gasteiger partial charge in [0.05, 0.1) is 5.25 Å². The minimum absolute atomic E-state index is 0.0619. The van der Waals surface area contributed by atoms with Crippen molar-refractivity contribution in [3.8, 4) is 0 Å². The highest BCUT2D eigenvalue weighted by Gasteiger charge is 2.32. The highest BCUT2D eigenvalue weighted by molar-refractivity contribution is 7.91. The molecule has 7 nitrogen and oxygen atoms in total. The Morgan fingerprint density at radius 2 is 1.84 bits per heavy atom. The van der Waals surface area contributed by atoms with E-state index < -0.39 is 47.5 Å². The summed E-state index contributed by atoms with van der Waals surface area (Å²) in [6.45, 7) is -0.0212. The summed E-state index contributed by atoms with van der Waals surface area (Å²) in [5.41, 5.74) is 0. The van der Waals surface area contributed by atoms with Crippen molar-refractivity contribution in [3.63, 3.8) is 0 Å². The molecule has 1 aromatic rings. The number of amides is 1. The first-order valence-corrected chi connectivity index (χ1v) is 10.9. The summed E-state index contributed by atoms with van der Waals surface area (Å²) in [5, 5.41) is -0.624. The minimum atomic E-state index is -4.44. The van der Waals surface area contributed by atoms with E-state index in [4.69, 9.17) is 0 Å². The van der Waals surface area contributed by atoms with Gasteiger partial charge in [0.25, 0.3) is 0 Å². The number of carbonyl (C=O) groups excluding carboxylic acids is 1. The Morgan fingerprint density at radius 3 is 2.36 bits per heavy atom. The monoisotopic (exact) mass is 396 g/mol. The van der Waals surface area contributed by atoms with E-state index in [9.17, 15) is 30.4 Å². The molecule has 1 atom stereocenters. The second-order valence-corrected chi connectivity index (χ2v) is 9.81. The van der Waals surface area contributed by atoms with Crippen LogP contribution < -0.4 is 4.72 Å². The lowest BCUT2D eigenvalue weighted by molar-refractivity contribution is -0.129. The van der Waals surface area contributed by atoms with Crippen LogP contribution in [0.25, 0.3) is 0 Å². The zero-order chi connectivity index (χ0) is 18.8. The summed E-state index contributed by atoms with van der Waals surface area (Å²) in [6.07, 6.45) is 1.19. The topological polar surface area (TPSA) is 101 Å². The van der Waals surface area contributed by atoms with Gasteiger partial charge in [0.1, 0.15) is 11.6 Å². The second kappa shape index (κ2) is 7.34. The zero-order valence-electron chi connectivity index (χ0n) is 13.4. The maximum atomic E-state index is 13.5. The second-order valence-electron chi connectivity index (χ2n) is 5.78. The van der Waals surface area contributed by atoms with Crippen LogP contribution in [0.15, 0.2) is 23.1 Å². The summed E-state index contributed by atoms with van der Waals surface area (Å²) in [5.74, 6) is -2.88. The molecule has 25 heavy (non-hydrogen) atoms. The van der Waals surface area contributed by atoms with E-state index in [2.05, 4.69) is 0 Å². The van der Waals surface area contributed by atoms with Gasteiger partial charge in [-0.15, -0.1) is 0 Å². The van der Waals surface area contributed by atoms with Gasteiger partial charge in [-0.1, -0.05) is 6.07 Å². The van der Waals surface area contributed by atoms with Crippen LogP contribution in [0.3, 0.4) is 0 Å². The molecule has 0 saturated carbocycles. The first kappa shape index (κ1) is 19.7. The summed E-state index contributed by atoms with van der Waals surface area (Å²) in [7, 11) is -7.69. The number of nitrogens with zero attached hydrogens (tertiary/aromatic N) is 1. The van der Waals surface area contributed by atoms with Crippen LogP contribution >= 0.6 is 0 Å². The van der Waals surface area contributed by atoms with E-state index >= 15 is 0 Å². The van der Waals surface area contributed by atoms with Crippen LogP contribution in [0.5, 0.6) is 0 Å². The minimum Gasteiger partial charge on any atom is -0.341 e. The predicted molar refractivity (Wildman–Crippen MR) is 86.0 cm³/mol. The van der Waals surface area contributed by atoms with Crippen LogP contribution in [0.1, 0.15) is 12.8 Å². The van der Waals surface area contributed by atoms with Crippen LogP contribution in [-0.4, -0.2) is 58.8 Å². The van der Waals surface area contributed by atoms with Crippen molar-refractivity contribution in [2.24, 2.45) is 0 Å². The molecule has 0 radical (unpaired) electrons.